The van der Waals surface area contributed by atoms with Crippen molar-refractivity contribution in [2.45, 2.75) is 13.0 Å². The summed E-state index contributed by atoms with van der Waals surface area (Å²) >= 11 is 5.98. The van der Waals surface area contributed by atoms with Gasteiger partial charge >= 0.3 is 0 Å². The van der Waals surface area contributed by atoms with Crippen LogP contribution in [0.2, 0.25) is 5.02 Å². The van der Waals surface area contributed by atoms with E-state index < -0.39 is 5.91 Å². The van der Waals surface area contributed by atoms with Gasteiger partial charge in [-0.05, 0) is 36.8 Å². The number of amides is 1. The highest BCUT2D eigenvalue weighted by atomic mass is 35.5. The molecule has 0 aliphatic carbocycles. The molecule has 0 bridgehead atoms. The Labute approximate surface area is 146 Å². The molecule has 0 aromatic heterocycles. The fourth-order valence-electron chi connectivity index (χ4n) is 2.22. The van der Waals surface area contributed by atoms with Crippen LogP contribution < -0.4 is 10.1 Å². The van der Waals surface area contributed by atoms with Gasteiger partial charge in [-0.25, -0.2) is 0 Å². The summed E-state index contributed by atoms with van der Waals surface area (Å²) in [5, 5.41) is 12.6. The zero-order chi connectivity index (χ0) is 17.5. The fourth-order valence-corrected chi connectivity index (χ4v) is 2.40. The number of methoxy groups -OCH3 is 1. The number of nitriles is 1. The van der Waals surface area contributed by atoms with Gasteiger partial charge in [0.25, 0.3) is 5.91 Å². The third-order valence-corrected chi connectivity index (χ3v) is 3.74. The minimum Gasteiger partial charge on any atom is -0.496 e. The molecule has 1 N–H and O–H groups in total. The van der Waals surface area contributed by atoms with Gasteiger partial charge in [-0.3, -0.25) is 4.79 Å². The largest absolute Gasteiger partial charge is 0.496 e. The van der Waals surface area contributed by atoms with E-state index >= 15 is 0 Å². The van der Waals surface area contributed by atoms with Gasteiger partial charge in [-0.1, -0.05) is 41.9 Å². The zero-order valence-electron chi connectivity index (χ0n) is 13.4. The molecule has 0 aliphatic heterocycles. The Hall–Kier alpha value is -2.77. The van der Waals surface area contributed by atoms with Crippen molar-refractivity contribution in [1.29, 1.82) is 5.26 Å². The van der Waals surface area contributed by atoms with Gasteiger partial charge < -0.3 is 10.1 Å². The Morgan fingerprint density at radius 3 is 2.62 bits per heavy atom. The molecule has 1 amide bonds. The maximum Gasteiger partial charge on any atom is 0.262 e. The lowest BCUT2D eigenvalue weighted by atomic mass is 10.1. The number of carbonyl (C=O) groups is 1. The Bertz CT molecular complexity index is 795. The van der Waals surface area contributed by atoms with Crippen LogP contribution >= 0.6 is 11.6 Å². The number of halogens is 1. The molecule has 0 unspecified atom stereocenters. The highest BCUT2D eigenvalue weighted by Gasteiger charge is 2.14. The molecule has 1 atom stereocenters. The van der Waals surface area contributed by atoms with Gasteiger partial charge in [0.2, 0.25) is 0 Å². The maximum absolute atomic E-state index is 12.4. The zero-order valence-corrected chi connectivity index (χ0v) is 14.2. The lowest BCUT2D eigenvalue weighted by molar-refractivity contribution is -0.117. The van der Waals surface area contributed by atoms with Crippen LogP contribution in [0.3, 0.4) is 0 Å². The second-order valence-electron chi connectivity index (χ2n) is 5.16. The number of hydrogen-bond donors (Lipinski definition) is 1. The molecule has 2 aromatic carbocycles. The van der Waals surface area contributed by atoms with E-state index in [0.717, 1.165) is 5.56 Å². The van der Waals surface area contributed by atoms with Crippen molar-refractivity contribution in [3.05, 3.63) is 70.3 Å². The Morgan fingerprint density at radius 1 is 1.29 bits per heavy atom. The summed E-state index contributed by atoms with van der Waals surface area (Å²) in [6.07, 6.45) is 1.47. The van der Waals surface area contributed by atoms with Crippen LogP contribution in [0.5, 0.6) is 5.75 Å². The van der Waals surface area contributed by atoms with E-state index in [1.54, 1.807) is 18.2 Å². The molecule has 0 aliphatic rings. The van der Waals surface area contributed by atoms with Crippen molar-refractivity contribution in [2.75, 3.05) is 7.11 Å². The van der Waals surface area contributed by atoms with Crippen LogP contribution in [0.25, 0.3) is 6.08 Å². The Balaban J connectivity index is 2.23. The first-order valence-electron chi connectivity index (χ1n) is 7.36. The van der Waals surface area contributed by atoms with Crippen LogP contribution in [-0.4, -0.2) is 13.0 Å². The molecular weight excluding hydrogens is 324 g/mol. The molecule has 5 heteroatoms. The molecule has 2 aromatic rings. The van der Waals surface area contributed by atoms with Gasteiger partial charge in [0.15, 0.2) is 0 Å². The Kier molecular flexibility index (Phi) is 6.00. The predicted octanol–water partition coefficient (Wildman–Crippen LogP) is 4.13. The van der Waals surface area contributed by atoms with Crippen molar-refractivity contribution in [2.24, 2.45) is 0 Å². The monoisotopic (exact) mass is 340 g/mol. The number of hydrogen-bond acceptors (Lipinski definition) is 3. The van der Waals surface area contributed by atoms with E-state index in [-0.39, 0.29) is 11.6 Å². The summed E-state index contributed by atoms with van der Waals surface area (Å²) in [5.41, 5.74) is 1.52. The second kappa shape index (κ2) is 8.19. The van der Waals surface area contributed by atoms with Gasteiger partial charge in [-0.2, -0.15) is 5.26 Å². The van der Waals surface area contributed by atoms with E-state index in [0.29, 0.717) is 16.3 Å². The SMILES string of the molecule is COc1ccc(Cl)cc1/C=C(\C#N)C(=O)N[C@@H](C)c1ccccc1. The molecule has 0 saturated carbocycles. The van der Waals surface area contributed by atoms with Gasteiger partial charge in [0.05, 0.1) is 13.2 Å². The molecular formula is C19H17ClN2O2. The van der Waals surface area contributed by atoms with Crippen molar-refractivity contribution in [1.82, 2.24) is 5.32 Å². The average Bonchev–Trinajstić information content (AvgIpc) is 2.60. The molecule has 122 valence electrons. The van der Waals surface area contributed by atoms with Gasteiger partial charge in [0.1, 0.15) is 17.4 Å². The highest BCUT2D eigenvalue weighted by Crippen LogP contribution is 2.25. The number of rotatable bonds is 5. The minimum atomic E-state index is -0.448. The third kappa shape index (κ3) is 4.37. The number of ether oxygens (including phenoxy) is 1. The van der Waals surface area contributed by atoms with Gasteiger partial charge in [0, 0.05) is 10.6 Å². The molecule has 0 radical (unpaired) electrons. The van der Waals surface area contributed by atoms with E-state index in [4.69, 9.17) is 16.3 Å². The molecule has 2 rings (SSSR count). The fraction of sp³-hybridized carbons (Fsp3) is 0.158. The van der Waals surface area contributed by atoms with Crippen LogP contribution in [0.1, 0.15) is 24.1 Å². The summed E-state index contributed by atoms with van der Waals surface area (Å²) in [6, 6.07) is 16.3. The standard InChI is InChI=1S/C19H17ClN2O2/c1-13(14-6-4-3-5-7-14)22-19(23)16(12-21)10-15-11-17(20)8-9-18(15)24-2/h3-11,13H,1-2H3,(H,22,23)/b16-10+/t13-/m0/s1. The van der Waals surface area contributed by atoms with Crippen LogP contribution in [0, 0.1) is 11.3 Å². The quantitative estimate of drug-likeness (QED) is 0.657. The summed E-state index contributed by atoms with van der Waals surface area (Å²) in [7, 11) is 1.52. The van der Waals surface area contributed by atoms with E-state index in [1.165, 1.54) is 13.2 Å². The van der Waals surface area contributed by atoms with E-state index in [2.05, 4.69) is 5.32 Å². The molecule has 0 saturated heterocycles. The molecule has 0 fully saturated rings. The predicted molar refractivity (Wildman–Crippen MR) is 94.6 cm³/mol. The highest BCUT2D eigenvalue weighted by molar-refractivity contribution is 6.30. The summed E-state index contributed by atoms with van der Waals surface area (Å²) < 4.78 is 5.23. The lowest BCUT2D eigenvalue weighted by Crippen LogP contribution is -2.27. The maximum atomic E-state index is 12.4. The van der Waals surface area contributed by atoms with Crippen molar-refractivity contribution in [3.63, 3.8) is 0 Å². The number of carbonyl (C=O) groups excluding carboxylic acids is 1. The molecule has 24 heavy (non-hydrogen) atoms. The first-order valence-corrected chi connectivity index (χ1v) is 7.74. The number of nitrogens with one attached hydrogen (secondary N) is 1. The van der Waals surface area contributed by atoms with Crippen molar-refractivity contribution in [3.8, 4) is 11.8 Å². The smallest absolute Gasteiger partial charge is 0.262 e. The van der Waals surface area contributed by atoms with Gasteiger partial charge in [-0.15, -0.1) is 0 Å². The van der Waals surface area contributed by atoms with Crippen LogP contribution in [0.4, 0.5) is 0 Å². The average molecular weight is 341 g/mol. The summed E-state index contributed by atoms with van der Waals surface area (Å²) in [6.45, 7) is 1.86. The topological polar surface area (TPSA) is 62.1 Å². The lowest BCUT2D eigenvalue weighted by Gasteiger charge is -2.14. The normalized spacial score (nSPS) is 12.2. The van der Waals surface area contributed by atoms with Crippen molar-refractivity contribution >= 4 is 23.6 Å². The molecule has 4 nitrogen and oxygen atoms in total. The Morgan fingerprint density at radius 2 is 2.00 bits per heavy atom. The summed E-state index contributed by atoms with van der Waals surface area (Å²) in [4.78, 5) is 12.4. The van der Waals surface area contributed by atoms with Crippen LogP contribution in [0.15, 0.2) is 54.1 Å². The van der Waals surface area contributed by atoms with E-state index in [9.17, 15) is 10.1 Å². The summed E-state index contributed by atoms with van der Waals surface area (Å²) in [5.74, 6) is 0.0898. The minimum absolute atomic E-state index is 0.0154. The second-order valence-corrected chi connectivity index (χ2v) is 5.60. The first-order chi connectivity index (χ1) is 11.5. The van der Waals surface area contributed by atoms with E-state index in [1.807, 2.05) is 43.3 Å². The third-order valence-electron chi connectivity index (χ3n) is 3.50. The number of benzene rings is 2. The first kappa shape index (κ1) is 17.6. The molecule has 0 heterocycles. The number of nitrogens with zero attached hydrogens (tertiary/aromatic N) is 1. The van der Waals surface area contributed by atoms with Crippen LogP contribution in [-0.2, 0) is 4.79 Å². The molecule has 0 spiro atoms. The van der Waals surface area contributed by atoms with Crippen molar-refractivity contribution < 1.29 is 9.53 Å².